The molecule has 1 aromatic carbocycles. The van der Waals surface area contributed by atoms with Gasteiger partial charge in [0.1, 0.15) is 11.5 Å². The third-order valence-electron chi connectivity index (χ3n) is 2.52. The Hall–Kier alpha value is -0.740. The monoisotopic (exact) mass is 286 g/mol. The molecular weight excluding hydrogens is 272 g/mol. The number of rotatable bonds is 2. The molecule has 16 heavy (non-hydrogen) atoms. The van der Waals surface area contributed by atoms with Crippen LogP contribution in [0.3, 0.4) is 0 Å². The first-order valence-corrected chi connectivity index (χ1v) is 6.26. The Morgan fingerprint density at radius 1 is 1.44 bits per heavy atom. The largest absolute Gasteiger partial charge is 0.497 e. The van der Waals surface area contributed by atoms with E-state index < -0.39 is 5.79 Å². The second-order valence-corrected chi connectivity index (χ2v) is 4.76. The molecule has 0 N–H and O–H groups in total. The maximum atomic E-state index is 5.83. The fourth-order valence-corrected chi connectivity index (χ4v) is 2.12. The zero-order chi connectivity index (χ0) is 11.8. The third-order valence-corrected chi connectivity index (χ3v) is 3.12. The van der Waals surface area contributed by atoms with E-state index in [4.69, 9.17) is 14.2 Å². The van der Waals surface area contributed by atoms with Crippen LogP contribution in [0.25, 0.3) is 0 Å². The minimum absolute atomic E-state index is 0.555. The van der Waals surface area contributed by atoms with Crippen LogP contribution in [0, 0.1) is 0 Å². The minimum atomic E-state index is -0.557. The molecule has 0 unspecified atom stereocenters. The molecule has 1 heterocycles. The van der Waals surface area contributed by atoms with Crippen molar-refractivity contribution in [1.29, 1.82) is 0 Å². The molecule has 1 aromatic rings. The van der Waals surface area contributed by atoms with Crippen molar-refractivity contribution in [3.8, 4) is 11.5 Å². The van der Waals surface area contributed by atoms with Crippen LogP contribution >= 0.6 is 15.9 Å². The van der Waals surface area contributed by atoms with Crippen molar-refractivity contribution >= 4 is 15.9 Å². The Kier molecular flexibility index (Phi) is 3.13. The molecule has 1 aliphatic heterocycles. The third kappa shape index (κ3) is 2.18. The van der Waals surface area contributed by atoms with Gasteiger partial charge in [0.05, 0.1) is 13.7 Å². The van der Waals surface area contributed by atoms with E-state index in [1.165, 1.54) is 0 Å². The molecule has 0 aromatic heterocycles. The van der Waals surface area contributed by atoms with E-state index in [0.29, 0.717) is 6.61 Å². The average Bonchev–Trinajstić information content (AvgIpc) is 2.26. The van der Waals surface area contributed by atoms with Gasteiger partial charge in [-0.1, -0.05) is 15.9 Å². The number of hydrogen-bond acceptors (Lipinski definition) is 3. The van der Waals surface area contributed by atoms with E-state index in [9.17, 15) is 0 Å². The number of halogens is 1. The maximum absolute atomic E-state index is 5.83. The van der Waals surface area contributed by atoms with E-state index in [-0.39, 0.29) is 0 Å². The number of fused-ring (bicyclic) bond motifs is 1. The van der Waals surface area contributed by atoms with Crippen LogP contribution in [0.2, 0.25) is 0 Å². The SMILES string of the molecule is COc1cc(CBr)c2c(c1)COC(C)(C)O2. The lowest BCUT2D eigenvalue weighted by Gasteiger charge is -2.33. The van der Waals surface area contributed by atoms with Crippen LogP contribution in [0.15, 0.2) is 12.1 Å². The lowest BCUT2D eigenvalue weighted by atomic mass is 10.1. The molecule has 0 bridgehead atoms. The first-order valence-electron chi connectivity index (χ1n) is 5.14. The summed E-state index contributed by atoms with van der Waals surface area (Å²) in [5.74, 6) is 1.19. The van der Waals surface area contributed by atoms with Gasteiger partial charge in [0.25, 0.3) is 0 Å². The van der Waals surface area contributed by atoms with Gasteiger partial charge in [-0.25, -0.2) is 0 Å². The normalized spacial score (nSPS) is 17.5. The number of ether oxygens (including phenoxy) is 3. The molecule has 0 saturated carbocycles. The Morgan fingerprint density at radius 3 is 2.81 bits per heavy atom. The van der Waals surface area contributed by atoms with Crippen molar-refractivity contribution in [1.82, 2.24) is 0 Å². The van der Waals surface area contributed by atoms with Crippen molar-refractivity contribution in [2.24, 2.45) is 0 Å². The molecule has 4 heteroatoms. The molecule has 0 radical (unpaired) electrons. The second kappa shape index (κ2) is 4.26. The van der Waals surface area contributed by atoms with Gasteiger partial charge in [0, 0.05) is 30.3 Å². The summed E-state index contributed by atoms with van der Waals surface area (Å²) in [4.78, 5) is 0. The van der Waals surface area contributed by atoms with Crippen LogP contribution < -0.4 is 9.47 Å². The average molecular weight is 287 g/mol. The Balaban J connectivity index is 2.46. The first-order chi connectivity index (χ1) is 7.55. The number of hydrogen-bond donors (Lipinski definition) is 0. The van der Waals surface area contributed by atoms with Gasteiger partial charge in [-0.15, -0.1) is 0 Å². The van der Waals surface area contributed by atoms with Crippen LogP contribution in [0.5, 0.6) is 11.5 Å². The summed E-state index contributed by atoms with van der Waals surface area (Å²) >= 11 is 3.46. The molecule has 0 amide bonds. The molecule has 0 atom stereocenters. The van der Waals surface area contributed by atoms with E-state index >= 15 is 0 Å². The fraction of sp³-hybridized carbons (Fsp3) is 0.500. The van der Waals surface area contributed by atoms with Gasteiger partial charge in [-0.3, -0.25) is 0 Å². The van der Waals surface area contributed by atoms with Crippen molar-refractivity contribution in [3.05, 3.63) is 23.3 Å². The van der Waals surface area contributed by atoms with Gasteiger partial charge < -0.3 is 14.2 Å². The van der Waals surface area contributed by atoms with Crippen molar-refractivity contribution in [2.45, 2.75) is 31.6 Å². The summed E-state index contributed by atoms with van der Waals surface area (Å²) in [5.41, 5.74) is 2.12. The van der Waals surface area contributed by atoms with Crippen molar-refractivity contribution < 1.29 is 14.2 Å². The lowest BCUT2D eigenvalue weighted by molar-refractivity contribution is -0.180. The highest BCUT2D eigenvalue weighted by molar-refractivity contribution is 9.08. The van der Waals surface area contributed by atoms with Crippen molar-refractivity contribution in [2.75, 3.05) is 7.11 Å². The van der Waals surface area contributed by atoms with Gasteiger partial charge in [-0.05, 0) is 12.1 Å². The highest BCUT2D eigenvalue weighted by Gasteiger charge is 2.29. The minimum Gasteiger partial charge on any atom is -0.497 e. The Bertz CT molecular complexity index is 384. The zero-order valence-corrected chi connectivity index (χ0v) is 11.3. The molecule has 3 nitrogen and oxygen atoms in total. The van der Waals surface area contributed by atoms with Crippen LogP contribution in [-0.4, -0.2) is 12.9 Å². The van der Waals surface area contributed by atoms with E-state index in [1.54, 1.807) is 7.11 Å². The number of benzene rings is 1. The quantitative estimate of drug-likeness (QED) is 0.782. The highest BCUT2D eigenvalue weighted by atomic mass is 79.9. The van der Waals surface area contributed by atoms with Gasteiger partial charge in [0.15, 0.2) is 0 Å². The zero-order valence-electron chi connectivity index (χ0n) is 9.67. The summed E-state index contributed by atoms with van der Waals surface area (Å²) in [6.45, 7) is 4.38. The maximum Gasteiger partial charge on any atom is 0.205 e. The summed E-state index contributed by atoms with van der Waals surface area (Å²) < 4.78 is 16.7. The summed E-state index contributed by atoms with van der Waals surface area (Å²) in [6, 6.07) is 3.94. The molecule has 0 spiro atoms. The molecule has 2 rings (SSSR count). The summed E-state index contributed by atoms with van der Waals surface area (Å²) in [6.07, 6.45) is 0. The topological polar surface area (TPSA) is 27.7 Å². The van der Waals surface area contributed by atoms with Crippen molar-refractivity contribution in [3.63, 3.8) is 0 Å². The molecule has 0 fully saturated rings. The molecule has 0 aliphatic carbocycles. The lowest BCUT2D eigenvalue weighted by Crippen LogP contribution is -2.35. The van der Waals surface area contributed by atoms with E-state index in [2.05, 4.69) is 15.9 Å². The molecule has 88 valence electrons. The standard InChI is InChI=1S/C12H15BrO3/c1-12(2)15-7-9-5-10(14-3)4-8(6-13)11(9)16-12/h4-5H,6-7H2,1-3H3. The second-order valence-electron chi connectivity index (χ2n) is 4.20. The van der Waals surface area contributed by atoms with Crippen LogP contribution in [-0.2, 0) is 16.7 Å². The van der Waals surface area contributed by atoms with Gasteiger partial charge in [-0.2, -0.15) is 0 Å². The smallest absolute Gasteiger partial charge is 0.205 e. The summed E-state index contributed by atoms with van der Waals surface area (Å²) in [7, 11) is 1.66. The molecule has 1 aliphatic rings. The van der Waals surface area contributed by atoms with Gasteiger partial charge in [0.2, 0.25) is 5.79 Å². The summed E-state index contributed by atoms with van der Waals surface area (Å²) in [5, 5.41) is 0.739. The number of alkyl halides is 1. The van der Waals surface area contributed by atoms with E-state index in [1.807, 2.05) is 26.0 Å². The highest BCUT2D eigenvalue weighted by Crippen LogP contribution is 2.38. The fourth-order valence-electron chi connectivity index (χ4n) is 1.70. The van der Waals surface area contributed by atoms with E-state index in [0.717, 1.165) is 28.0 Å². The van der Waals surface area contributed by atoms with Crippen LogP contribution in [0.4, 0.5) is 0 Å². The van der Waals surface area contributed by atoms with Crippen LogP contribution in [0.1, 0.15) is 25.0 Å². The number of methoxy groups -OCH3 is 1. The van der Waals surface area contributed by atoms with Gasteiger partial charge >= 0.3 is 0 Å². The Labute approximate surface area is 104 Å². The predicted molar refractivity (Wildman–Crippen MR) is 65.1 cm³/mol. The molecular formula is C12H15BrO3. The Morgan fingerprint density at radius 2 is 2.19 bits per heavy atom. The molecule has 0 saturated heterocycles. The predicted octanol–water partition coefficient (Wildman–Crippen LogP) is 3.24. The first kappa shape index (κ1) is 11.7.